The minimum absolute atomic E-state index is 0.0186. The first kappa shape index (κ1) is 13.6. The molecule has 4 saturated carbocycles. The fourth-order valence-electron chi connectivity index (χ4n) is 6.80. The molecule has 4 aliphatic carbocycles. The Morgan fingerprint density at radius 3 is 2.45 bits per heavy atom. The van der Waals surface area contributed by atoms with Crippen LogP contribution in [0.25, 0.3) is 0 Å². The fraction of sp³-hybridized carbons (Fsp3) is 1.00. The molecule has 1 unspecified atom stereocenters. The van der Waals surface area contributed by atoms with Crippen LogP contribution in [-0.4, -0.2) is 22.4 Å². The van der Waals surface area contributed by atoms with Gasteiger partial charge in [0.2, 0.25) is 0 Å². The lowest BCUT2D eigenvalue weighted by Crippen LogP contribution is -2.49. The zero-order valence-corrected chi connectivity index (χ0v) is 12.8. The van der Waals surface area contributed by atoms with E-state index in [1.54, 1.807) is 0 Å². The molecule has 4 fully saturated rings. The topological polar surface area (TPSA) is 40.5 Å². The molecule has 114 valence electrons. The molecule has 0 aromatic rings. The highest BCUT2D eigenvalue weighted by Gasteiger charge is 2.56. The lowest BCUT2D eigenvalue weighted by molar-refractivity contribution is -0.0913. The summed E-state index contributed by atoms with van der Waals surface area (Å²) in [5.41, 5.74) is 0.224. The van der Waals surface area contributed by atoms with Crippen LogP contribution in [0.4, 0.5) is 0 Å². The predicted molar refractivity (Wildman–Crippen MR) is 79.1 cm³/mol. The molecule has 0 bridgehead atoms. The Labute approximate surface area is 123 Å². The van der Waals surface area contributed by atoms with Crippen molar-refractivity contribution >= 4 is 0 Å². The Bertz CT molecular complexity index is 382. The van der Waals surface area contributed by atoms with E-state index in [9.17, 15) is 10.2 Å². The van der Waals surface area contributed by atoms with Gasteiger partial charge in [0.25, 0.3) is 0 Å². The Morgan fingerprint density at radius 2 is 1.60 bits per heavy atom. The second-order valence-corrected chi connectivity index (χ2v) is 8.54. The Morgan fingerprint density at radius 1 is 0.800 bits per heavy atom. The standard InChI is InChI=1S/C18H30O2/c1-18-9-8-14-13-5-3-12(19)10-11(13)2-4-15(14)16(18)6-7-17(18)20/h11-17,19-20H,2-10H2,1H3/t11-,12?,13+,14-,15-,16+,17+,18+/m1/s1. The predicted octanol–water partition coefficient (Wildman–Crippen LogP) is 3.36. The summed E-state index contributed by atoms with van der Waals surface area (Å²) in [6.45, 7) is 2.36. The Hall–Kier alpha value is -0.0800. The maximum atomic E-state index is 10.4. The van der Waals surface area contributed by atoms with Gasteiger partial charge in [0.05, 0.1) is 12.2 Å². The van der Waals surface area contributed by atoms with E-state index in [0.717, 1.165) is 48.9 Å². The number of rotatable bonds is 0. The van der Waals surface area contributed by atoms with Crippen LogP contribution in [0.2, 0.25) is 0 Å². The van der Waals surface area contributed by atoms with Gasteiger partial charge in [-0.3, -0.25) is 0 Å². The van der Waals surface area contributed by atoms with Crippen molar-refractivity contribution in [1.82, 2.24) is 0 Å². The van der Waals surface area contributed by atoms with Gasteiger partial charge in [-0.15, -0.1) is 0 Å². The van der Waals surface area contributed by atoms with Gasteiger partial charge < -0.3 is 10.2 Å². The van der Waals surface area contributed by atoms with Crippen LogP contribution in [0.15, 0.2) is 0 Å². The molecule has 0 saturated heterocycles. The van der Waals surface area contributed by atoms with Gasteiger partial charge >= 0.3 is 0 Å². The zero-order chi connectivity index (χ0) is 13.9. The molecule has 2 nitrogen and oxygen atoms in total. The Kier molecular flexibility index (Phi) is 3.20. The van der Waals surface area contributed by atoms with Crippen LogP contribution in [0.5, 0.6) is 0 Å². The number of fused-ring (bicyclic) bond motifs is 5. The van der Waals surface area contributed by atoms with Crippen LogP contribution >= 0.6 is 0 Å². The third-order valence-corrected chi connectivity index (χ3v) is 7.88. The third-order valence-electron chi connectivity index (χ3n) is 7.88. The van der Waals surface area contributed by atoms with E-state index in [1.165, 1.54) is 38.5 Å². The van der Waals surface area contributed by atoms with Crippen LogP contribution in [-0.2, 0) is 0 Å². The molecule has 2 heteroatoms. The average molecular weight is 278 g/mol. The van der Waals surface area contributed by atoms with Crippen molar-refractivity contribution in [2.45, 2.75) is 76.9 Å². The molecule has 20 heavy (non-hydrogen) atoms. The van der Waals surface area contributed by atoms with Gasteiger partial charge in [-0.1, -0.05) is 6.92 Å². The van der Waals surface area contributed by atoms with E-state index < -0.39 is 0 Å². The van der Waals surface area contributed by atoms with Crippen LogP contribution < -0.4 is 0 Å². The first-order chi connectivity index (χ1) is 9.59. The Balaban J connectivity index is 1.57. The van der Waals surface area contributed by atoms with Gasteiger partial charge in [-0.2, -0.15) is 0 Å². The number of aliphatic hydroxyl groups excluding tert-OH is 2. The largest absolute Gasteiger partial charge is 0.393 e. The monoisotopic (exact) mass is 278 g/mol. The summed E-state index contributed by atoms with van der Waals surface area (Å²) in [5, 5.41) is 20.3. The number of hydrogen-bond acceptors (Lipinski definition) is 2. The number of hydrogen-bond donors (Lipinski definition) is 2. The van der Waals surface area contributed by atoms with E-state index in [0.29, 0.717) is 0 Å². The van der Waals surface area contributed by atoms with Gasteiger partial charge in [0.15, 0.2) is 0 Å². The minimum atomic E-state index is -0.0423. The molecule has 4 aliphatic rings. The molecular formula is C18H30O2. The summed E-state index contributed by atoms with van der Waals surface area (Å²) in [5.74, 6) is 4.26. The van der Waals surface area contributed by atoms with Crippen molar-refractivity contribution < 1.29 is 10.2 Å². The van der Waals surface area contributed by atoms with E-state index >= 15 is 0 Å². The molecule has 0 aliphatic heterocycles. The molecule has 2 N–H and O–H groups in total. The van der Waals surface area contributed by atoms with Crippen molar-refractivity contribution in [2.24, 2.45) is 35.0 Å². The summed E-state index contributed by atoms with van der Waals surface area (Å²) in [4.78, 5) is 0. The molecule has 0 heterocycles. The van der Waals surface area contributed by atoms with Crippen molar-refractivity contribution in [1.29, 1.82) is 0 Å². The van der Waals surface area contributed by atoms with Crippen molar-refractivity contribution in [2.75, 3.05) is 0 Å². The lowest BCUT2D eigenvalue weighted by Gasteiger charge is -2.55. The molecule has 0 aromatic heterocycles. The molecule has 0 spiro atoms. The van der Waals surface area contributed by atoms with E-state index in [2.05, 4.69) is 6.92 Å². The molecule has 4 rings (SSSR count). The van der Waals surface area contributed by atoms with E-state index in [4.69, 9.17) is 0 Å². The summed E-state index contributed by atoms with van der Waals surface area (Å²) in [6.07, 6.45) is 10.9. The zero-order valence-electron chi connectivity index (χ0n) is 12.8. The fourth-order valence-corrected chi connectivity index (χ4v) is 6.80. The van der Waals surface area contributed by atoms with E-state index in [1.807, 2.05) is 0 Å². The van der Waals surface area contributed by atoms with Gasteiger partial charge in [-0.05, 0) is 92.8 Å². The third kappa shape index (κ3) is 1.83. The summed E-state index contributed by atoms with van der Waals surface area (Å²) < 4.78 is 0. The molecule has 0 aromatic carbocycles. The first-order valence-electron chi connectivity index (χ1n) is 8.95. The lowest BCUT2D eigenvalue weighted by atomic mass is 9.50. The van der Waals surface area contributed by atoms with E-state index in [-0.39, 0.29) is 17.6 Å². The van der Waals surface area contributed by atoms with Gasteiger partial charge in [0, 0.05) is 0 Å². The van der Waals surface area contributed by atoms with Crippen molar-refractivity contribution in [3.8, 4) is 0 Å². The molecule has 0 amide bonds. The normalized spacial score (nSPS) is 58.6. The highest BCUT2D eigenvalue weighted by Crippen LogP contribution is 2.62. The van der Waals surface area contributed by atoms with Crippen LogP contribution in [0.1, 0.15) is 64.7 Å². The maximum absolute atomic E-state index is 10.4. The van der Waals surface area contributed by atoms with Gasteiger partial charge in [-0.25, -0.2) is 0 Å². The quantitative estimate of drug-likeness (QED) is 0.713. The highest BCUT2D eigenvalue weighted by molar-refractivity contribution is 5.06. The average Bonchev–Trinajstić information content (AvgIpc) is 2.74. The first-order valence-corrected chi connectivity index (χ1v) is 8.95. The number of aliphatic hydroxyl groups is 2. The minimum Gasteiger partial charge on any atom is -0.393 e. The molecule has 8 atom stereocenters. The van der Waals surface area contributed by atoms with Gasteiger partial charge in [0.1, 0.15) is 0 Å². The molecular weight excluding hydrogens is 248 g/mol. The van der Waals surface area contributed by atoms with Crippen molar-refractivity contribution in [3.05, 3.63) is 0 Å². The SMILES string of the molecule is C[C@]12CC[C@H]3[C@@H](CC[C@@H]4CC(O)CC[C@@H]43)[C@@H]1CC[C@@H]2O. The maximum Gasteiger partial charge on any atom is 0.0596 e. The second-order valence-electron chi connectivity index (χ2n) is 8.54. The van der Waals surface area contributed by atoms with Crippen molar-refractivity contribution in [3.63, 3.8) is 0 Å². The second kappa shape index (κ2) is 4.71. The highest BCUT2D eigenvalue weighted by atomic mass is 16.3. The van der Waals surface area contributed by atoms with Crippen LogP contribution in [0.3, 0.4) is 0 Å². The summed E-state index contributed by atoms with van der Waals surface area (Å²) in [6, 6.07) is 0. The molecule has 0 radical (unpaired) electrons. The summed E-state index contributed by atoms with van der Waals surface area (Å²) >= 11 is 0. The summed E-state index contributed by atoms with van der Waals surface area (Å²) in [7, 11) is 0. The van der Waals surface area contributed by atoms with Crippen LogP contribution in [0, 0.1) is 35.0 Å². The smallest absolute Gasteiger partial charge is 0.0596 e.